The lowest BCUT2D eigenvalue weighted by Crippen LogP contribution is -2.39. The molecule has 1 aromatic rings. The molecular formula is C17H26N2O2. The number of amides is 1. The van der Waals surface area contributed by atoms with Crippen molar-refractivity contribution < 1.29 is 9.59 Å². The van der Waals surface area contributed by atoms with Gasteiger partial charge in [-0.15, -0.1) is 0 Å². The number of hydrogen-bond donors (Lipinski definition) is 2. The number of carbonyl (C=O) groups is 2. The van der Waals surface area contributed by atoms with E-state index in [1.807, 2.05) is 31.2 Å². The van der Waals surface area contributed by atoms with Crippen molar-refractivity contribution in [3.63, 3.8) is 0 Å². The van der Waals surface area contributed by atoms with Crippen LogP contribution in [-0.2, 0) is 10.2 Å². The Hall–Kier alpha value is -1.68. The van der Waals surface area contributed by atoms with Crippen LogP contribution in [0.1, 0.15) is 50.5 Å². The Morgan fingerprint density at radius 1 is 1.10 bits per heavy atom. The largest absolute Gasteiger partial charge is 0.355 e. The Bertz CT molecular complexity index is 487. The minimum absolute atomic E-state index is 0.0615. The lowest BCUT2D eigenvalue weighted by Gasteiger charge is -2.19. The Kier molecular flexibility index (Phi) is 6.09. The first-order valence-electron chi connectivity index (χ1n) is 7.34. The molecule has 116 valence electrons. The summed E-state index contributed by atoms with van der Waals surface area (Å²) in [5.74, 6) is 0.00633. The number of benzene rings is 1. The van der Waals surface area contributed by atoms with E-state index in [1.165, 1.54) is 12.5 Å². The first kappa shape index (κ1) is 17.4. The van der Waals surface area contributed by atoms with Crippen LogP contribution in [-0.4, -0.2) is 30.8 Å². The highest BCUT2D eigenvalue weighted by atomic mass is 16.1. The fourth-order valence-corrected chi connectivity index (χ4v) is 2.00. The van der Waals surface area contributed by atoms with Crippen molar-refractivity contribution in [2.45, 2.75) is 46.1 Å². The van der Waals surface area contributed by atoms with Crippen molar-refractivity contribution in [1.29, 1.82) is 0 Å². The summed E-state index contributed by atoms with van der Waals surface area (Å²) in [6.45, 7) is 10.9. The van der Waals surface area contributed by atoms with Gasteiger partial charge in [-0.2, -0.15) is 0 Å². The molecule has 0 spiro atoms. The summed E-state index contributed by atoms with van der Waals surface area (Å²) >= 11 is 0. The molecule has 0 radical (unpaired) electrons. The maximum Gasteiger partial charge on any atom is 0.216 e. The third-order valence-electron chi connectivity index (χ3n) is 3.38. The minimum Gasteiger partial charge on any atom is -0.355 e. The summed E-state index contributed by atoms with van der Waals surface area (Å²) in [5.41, 5.74) is 2.01. The van der Waals surface area contributed by atoms with Gasteiger partial charge in [0, 0.05) is 25.6 Å². The van der Waals surface area contributed by atoms with Crippen molar-refractivity contribution in [2.75, 3.05) is 13.1 Å². The highest BCUT2D eigenvalue weighted by Crippen LogP contribution is 2.22. The Labute approximate surface area is 127 Å². The molecular weight excluding hydrogens is 264 g/mol. The van der Waals surface area contributed by atoms with Crippen LogP contribution in [0, 0.1) is 0 Å². The molecule has 1 amide bonds. The molecule has 2 N–H and O–H groups in total. The fraction of sp³-hybridized carbons (Fsp3) is 0.529. The minimum atomic E-state index is -0.265. The predicted molar refractivity (Wildman–Crippen MR) is 85.6 cm³/mol. The number of ketones is 1. The highest BCUT2D eigenvalue weighted by molar-refractivity contribution is 5.99. The van der Waals surface area contributed by atoms with E-state index in [2.05, 4.69) is 31.4 Å². The molecule has 1 aromatic carbocycles. The second-order valence-electron chi connectivity index (χ2n) is 6.35. The number of Topliss-reactive ketones (excluding diaryl/α,β-unsaturated/α-hetero) is 1. The summed E-state index contributed by atoms with van der Waals surface area (Å²) in [6, 6.07) is 7.53. The van der Waals surface area contributed by atoms with Gasteiger partial charge in [0.05, 0.1) is 6.04 Å². The van der Waals surface area contributed by atoms with Gasteiger partial charge in [0.25, 0.3) is 0 Å². The van der Waals surface area contributed by atoms with Crippen LogP contribution in [0.4, 0.5) is 0 Å². The first-order valence-corrected chi connectivity index (χ1v) is 7.34. The maximum absolute atomic E-state index is 12.3. The van der Waals surface area contributed by atoms with E-state index in [9.17, 15) is 9.59 Å². The third-order valence-corrected chi connectivity index (χ3v) is 3.38. The molecule has 0 aliphatic heterocycles. The van der Waals surface area contributed by atoms with Gasteiger partial charge in [-0.3, -0.25) is 9.59 Å². The van der Waals surface area contributed by atoms with Crippen LogP contribution >= 0.6 is 0 Å². The van der Waals surface area contributed by atoms with Gasteiger partial charge in [0.1, 0.15) is 0 Å². The van der Waals surface area contributed by atoms with Crippen molar-refractivity contribution in [2.24, 2.45) is 0 Å². The van der Waals surface area contributed by atoms with Crippen molar-refractivity contribution in [3.05, 3.63) is 35.4 Å². The van der Waals surface area contributed by atoms with Crippen LogP contribution in [0.15, 0.2) is 24.3 Å². The third kappa shape index (κ3) is 5.68. The van der Waals surface area contributed by atoms with Crippen molar-refractivity contribution in [3.8, 4) is 0 Å². The van der Waals surface area contributed by atoms with E-state index < -0.39 is 0 Å². The second-order valence-corrected chi connectivity index (χ2v) is 6.35. The van der Waals surface area contributed by atoms with E-state index in [-0.39, 0.29) is 23.1 Å². The van der Waals surface area contributed by atoms with Crippen LogP contribution < -0.4 is 10.6 Å². The Balaban J connectivity index is 2.56. The Morgan fingerprint density at radius 2 is 1.67 bits per heavy atom. The normalized spacial score (nSPS) is 12.8. The van der Waals surface area contributed by atoms with E-state index in [1.54, 1.807) is 0 Å². The lowest BCUT2D eigenvalue weighted by molar-refractivity contribution is -0.118. The van der Waals surface area contributed by atoms with Gasteiger partial charge >= 0.3 is 0 Å². The molecule has 0 aromatic heterocycles. The number of rotatable bonds is 6. The van der Waals surface area contributed by atoms with Gasteiger partial charge in [-0.1, -0.05) is 45.0 Å². The monoisotopic (exact) mass is 290 g/mol. The predicted octanol–water partition coefficient (Wildman–Crippen LogP) is 2.28. The lowest BCUT2D eigenvalue weighted by atomic mass is 9.86. The highest BCUT2D eigenvalue weighted by Gasteiger charge is 2.17. The van der Waals surface area contributed by atoms with E-state index in [0.717, 1.165) is 0 Å². The van der Waals surface area contributed by atoms with E-state index in [0.29, 0.717) is 18.7 Å². The quantitative estimate of drug-likeness (QED) is 0.624. The Morgan fingerprint density at radius 3 is 2.14 bits per heavy atom. The molecule has 21 heavy (non-hydrogen) atoms. The summed E-state index contributed by atoms with van der Waals surface area (Å²) in [7, 11) is 0. The smallest absolute Gasteiger partial charge is 0.216 e. The summed E-state index contributed by atoms with van der Waals surface area (Å²) in [5, 5.41) is 5.81. The first-order chi connectivity index (χ1) is 9.71. The SMILES string of the molecule is CC(=O)NCCNC(C)C(=O)c1ccc(C(C)(C)C)cc1. The van der Waals surface area contributed by atoms with E-state index in [4.69, 9.17) is 0 Å². The zero-order valence-electron chi connectivity index (χ0n) is 13.6. The second kappa shape index (κ2) is 7.36. The molecule has 0 heterocycles. The van der Waals surface area contributed by atoms with Crippen molar-refractivity contribution >= 4 is 11.7 Å². The number of carbonyl (C=O) groups excluding carboxylic acids is 2. The molecule has 1 rings (SSSR count). The molecule has 1 atom stereocenters. The molecule has 0 saturated carbocycles. The average Bonchev–Trinajstić information content (AvgIpc) is 2.41. The topological polar surface area (TPSA) is 58.2 Å². The van der Waals surface area contributed by atoms with Crippen LogP contribution in [0.5, 0.6) is 0 Å². The molecule has 0 aliphatic rings. The van der Waals surface area contributed by atoms with Crippen LogP contribution in [0.3, 0.4) is 0 Å². The maximum atomic E-state index is 12.3. The number of hydrogen-bond acceptors (Lipinski definition) is 3. The van der Waals surface area contributed by atoms with Gasteiger partial charge < -0.3 is 10.6 Å². The van der Waals surface area contributed by atoms with Gasteiger partial charge in [-0.05, 0) is 17.9 Å². The van der Waals surface area contributed by atoms with Gasteiger partial charge in [-0.25, -0.2) is 0 Å². The van der Waals surface area contributed by atoms with Crippen LogP contribution in [0.2, 0.25) is 0 Å². The summed E-state index contributed by atoms with van der Waals surface area (Å²) in [6.07, 6.45) is 0. The van der Waals surface area contributed by atoms with Crippen LogP contribution in [0.25, 0.3) is 0 Å². The molecule has 1 unspecified atom stereocenters. The summed E-state index contributed by atoms with van der Waals surface area (Å²) < 4.78 is 0. The molecule has 4 heteroatoms. The summed E-state index contributed by atoms with van der Waals surface area (Å²) in [4.78, 5) is 23.0. The number of nitrogens with one attached hydrogen (secondary N) is 2. The zero-order valence-corrected chi connectivity index (χ0v) is 13.6. The van der Waals surface area contributed by atoms with Gasteiger partial charge in [0.15, 0.2) is 5.78 Å². The average molecular weight is 290 g/mol. The molecule has 0 fully saturated rings. The molecule has 0 saturated heterocycles. The zero-order chi connectivity index (χ0) is 16.0. The fourth-order valence-electron chi connectivity index (χ4n) is 2.00. The molecule has 0 aliphatic carbocycles. The van der Waals surface area contributed by atoms with Crippen molar-refractivity contribution in [1.82, 2.24) is 10.6 Å². The van der Waals surface area contributed by atoms with Gasteiger partial charge in [0.2, 0.25) is 5.91 Å². The molecule has 0 bridgehead atoms. The van der Waals surface area contributed by atoms with E-state index >= 15 is 0 Å². The molecule has 4 nitrogen and oxygen atoms in total. The standard InChI is InChI=1S/C17H26N2O2/c1-12(18-10-11-19-13(2)20)16(21)14-6-8-15(9-7-14)17(3,4)5/h6-9,12,18H,10-11H2,1-5H3,(H,19,20).